The first kappa shape index (κ1) is 16.2. The minimum atomic E-state index is -4.53. The molecule has 1 aromatic heterocycles. The molecule has 0 spiro atoms. The third-order valence-electron chi connectivity index (χ3n) is 2.92. The molecule has 1 heterocycles. The number of nitriles is 1. The first-order valence-electron chi connectivity index (χ1n) is 6.22. The molecule has 0 unspecified atom stereocenters. The van der Waals surface area contributed by atoms with Crippen molar-refractivity contribution in [3.63, 3.8) is 0 Å². The number of halogens is 3. The standard InChI is InChI=1S/C15H8F3N3O2/c16-15(17,18)12-5-6-13(20-9-12)11(8-19)7-10-3-1-2-4-14(10)21(22)23/h1-7,9H/b11-7-. The third-order valence-corrected chi connectivity index (χ3v) is 2.92. The summed E-state index contributed by atoms with van der Waals surface area (Å²) in [5, 5.41) is 20.1. The predicted octanol–water partition coefficient (Wildman–Crippen LogP) is 4.07. The lowest BCUT2D eigenvalue weighted by Crippen LogP contribution is -2.05. The van der Waals surface area contributed by atoms with E-state index in [1.165, 1.54) is 24.3 Å². The predicted molar refractivity (Wildman–Crippen MR) is 75.8 cm³/mol. The van der Waals surface area contributed by atoms with Crippen molar-refractivity contribution in [1.82, 2.24) is 4.98 Å². The minimum absolute atomic E-state index is 0.00125. The van der Waals surface area contributed by atoms with Gasteiger partial charge in [-0.25, -0.2) is 0 Å². The molecule has 0 fully saturated rings. The summed E-state index contributed by atoms with van der Waals surface area (Å²) >= 11 is 0. The highest BCUT2D eigenvalue weighted by Crippen LogP contribution is 2.29. The zero-order valence-electron chi connectivity index (χ0n) is 11.4. The Morgan fingerprint density at radius 2 is 1.96 bits per heavy atom. The Hall–Kier alpha value is -3.21. The van der Waals surface area contributed by atoms with Crippen LogP contribution in [0.4, 0.5) is 18.9 Å². The quantitative estimate of drug-likeness (QED) is 0.485. The van der Waals surface area contributed by atoms with Crippen molar-refractivity contribution in [2.24, 2.45) is 0 Å². The van der Waals surface area contributed by atoms with Crippen LogP contribution in [-0.2, 0) is 6.18 Å². The molecule has 23 heavy (non-hydrogen) atoms. The normalized spacial score (nSPS) is 11.8. The molecule has 0 aliphatic rings. The molecule has 0 atom stereocenters. The van der Waals surface area contributed by atoms with Gasteiger partial charge in [0.15, 0.2) is 0 Å². The Morgan fingerprint density at radius 1 is 1.26 bits per heavy atom. The van der Waals surface area contributed by atoms with Crippen molar-refractivity contribution in [3.8, 4) is 6.07 Å². The highest BCUT2D eigenvalue weighted by atomic mass is 19.4. The number of hydrogen-bond acceptors (Lipinski definition) is 4. The van der Waals surface area contributed by atoms with Crippen LogP contribution >= 0.6 is 0 Å². The molecule has 0 radical (unpaired) electrons. The zero-order valence-corrected chi connectivity index (χ0v) is 11.4. The lowest BCUT2D eigenvalue weighted by molar-refractivity contribution is -0.385. The van der Waals surface area contributed by atoms with E-state index in [4.69, 9.17) is 5.26 Å². The van der Waals surface area contributed by atoms with E-state index in [0.29, 0.717) is 6.20 Å². The van der Waals surface area contributed by atoms with Crippen LogP contribution in [0.2, 0.25) is 0 Å². The fraction of sp³-hybridized carbons (Fsp3) is 0.0667. The van der Waals surface area contributed by atoms with Crippen LogP contribution in [-0.4, -0.2) is 9.91 Å². The lowest BCUT2D eigenvalue weighted by Gasteiger charge is -2.06. The molecule has 0 saturated heterocycles. The van der Waals surface area contributed by atoms with E-state index >= 15 is 0 Å². The Bertz CT molecular complexity index is 806. The van der Waals surface area contributed by atoms with Crippen molar-refractivity contribution in [1.29, 1.82) is 5.26 Å². The summed E-state index contributed by atoms with van der Waals surface area (Å²) in [4.78, 5) is 13.9. The summed E-state index contributed by atoms with van der Waals surface area (Å²) in [6.07, 6.45) is -2.70. The Balaban J connectivity index is 2.45. The van der Waals surface area contributed by atoms with E-state index in [9.17, 15) is 23.3 Å². The largest absolute Gasteiger partial charge is 0.417 e. The van der Waals surface area contributed by atoms with Gasteiger partial charge in [0.1, 0.15) is 6.07 Å². The van der Waals surface area contributed by atoms with Gasteiger partial charge in [-0.2, -0.15) is 18.4 Å². The van der Waals surface area contributed by atoms with Gasteiger partial charge in [-0.3, -0.25) is 15.1 Å². The van der Waals surface area contributed by atoms with Gasteiger partial charge in [-0.1, -0.05) is 12.1 Å². The summed E-state index contributed by atoms with van der Waals surface area (Å²) in [5.74, 6) is 0. The highest BCUT2D eigenvalue weighted by molar-refractivity contribution is 5.89. The van der Waals surface area contributed by atoms with Crippen molar-refractivity contribution in [2.45, 2.75) is 6.18 Å². The Kier molecular flexibility index (Phi) is 4.41. The SMILES string of the molecule is N#C/C(=C/c1ccccc1[N+](=O)[O-])c1ccc(C(F)(F)F)cn1. The molecule has 0 bridgehead atoms. The van der Waals surface area contributed by atoms with Crippen molar-refractivity contribution >= 4 is 17.3 Å². The van der Waals surface area contributed by atoms with Crippen molar-refractivity contribution in [2.75, 3.05) is 0 Å². The average Bonchev–Trinajstić information content (AvgIpc) is 2.52. The Morgan fingerprint density at radius 3 is 2.48 bits per heavy atom. The molecule has 2 aromatic rings. The first-order valence-corrected chi connectivity index (χ1v) is 6.22. The Labute approximate surface area is 128 Å². The number of hydrogen-bond donors (Lipinski definition) is 0. The van der Waals surface area contributed by atoms with Gasteiger partial charge in [0.2, 0.25) is 0 Å². The number of para-hydroxylation sites is 1. The molecule has 0 amide bonds. The summed E-state index contributed by atoms with van der Waals surface area (Å²) < 4.78 is 37.5. The molecule has 1 aromatic carbocycles. The van der Waals surface area contributed by atoms with Gasteiger partial charge in [-0.15, -0.1) is 0 Å². The van der Waals surface area contributed by atoms with Crippen molar-refractivity contribution in [3.05, 3.63) is 69.5 Å². The van der Waals surface area contributed by atoms with Gasteiger partial charge >= 0.3 is 6.18 Å². The summed E-state index contributed by atoms with van der Waals surface area (Å²) in [5.41, 5.74) is -1.07. The van der Waals surface area contributed by atoms with E-state index in [1.54, 1.807) is 12.1 Å². The average molecular weight is 319 g/mol. The topological polar surface area (TPSA) is 79.8 Å². The zero-order chi connectivity index (χ0) is 17.0. The van der Waals surface area contributed by atoms with E-state index < -0.39 is 16.7 Å². The fourth-order valence-electron chi connectivity index (χ4n) is 1.82. The number of nitro benzene ring substituents is 1. The number of nitrogens with zero attached hydrogens (tertiary/aromatic N) is 3. The van der Waals surface area contributed by atoms with Gasteiger partial charge in [0.25, 0.3) is 5.69 Å². The maximum Gasteiger partial charge on any atom is 0.417 e. The number of alkyl halides is 3. The van der Waals surface area contributed by atoms with Gasteiger partial charge in [0, 0.05) is 12.3 Å². The number of pyridine rings is 1. The van der Waals surface area contributed by atoms with E-state index in [0.717, 1.165) is 12.1 Å². The van der Waals surface area contributed by atoms with Crippen LogP contribution in [0.3, 0.4) is 0 Å². The summed E-state index contributed by atoms with van der Waals surface area (Å²) in [6, 6.07) is 9.35. The number of allylic oxidation sites excluding steroid dienone is 1. The molecule has 0 aliphatic heterocycles. The minimum Gasteiger partial charge on any atom is -0.258 e. The highest BCUT2D eigenvalue weighted by Gasteiger charge is 2.30. The molecule has 0 saturated carbocycles. The van der Waals surface area contributed by atoms with Crippen LogP contribution in [0.5, 0.6) is 0 Å². The van der Waals surface area contributed by atoms with E-state index in [1.807, 2.05) is 0 Å². The molecular formula is C15H8F3N3O2. The monoisotopic (exact) mass is 319 g/mol. The van der Waals surface area contributed by atoms with Crippen LogP contribution in [0, 0.1) is 21.4 Å². The van der Waals surface area contributed by atoms with E-state index in [2.05, 4.69) is 4.98 Å². The maximum atomic E-state index is 12.5. The molecule has 0 N–H and O–H groups in total. The van der Waals surface area contributed by atoms with Crippen LogP contribution in [0.25, 0.3) is 11.6 Å². The molecule has 116 valence electrons. The third kappa shape index (κ3) is 3.71. The van der Waals surface area contributed by atoms with Crippen molar-refractivity contribution < 1.29 is 18.1 Å². The lowest BCUT2D eigenvalue weighted by atomic mass is 10.1. The number of aromatic nitrogens is 1. The second kappa shape index (κ2) is 6.27. The van der Waals surface area contributed by atoms with Crippen LogP contribution in [0.15, 0.2) is 42.6 Å². The van der Waals surface area contributed by atoms with Crippen LogP contribution < -0.4 is 0 Å². The second-order valence-electron chi connectivity index (χ2n) is 4.42. The molecule has 2 rings (SSSR count). The molecule has 8 heteroatoms. The summed E-state index contributed by atoms with van der Waals surface area (Å²) in [7, 11) is 0. The smallest absolute Gasteiger partial charge is 0.258 e. The number of nitro groups is 1. The maximum absolute atomic E-state index is 12.5. The van der Waals surface area contributed by atoms with Gasteiger partial charge in [-0.05, 0) is 24.3 Å². The van der Waals surface area contributed by atoms with E-state index in [-0.39, 0.29) is 22.5 Å². The van der Waals surface area contributed by atoms with Crippen LogP contribution in [0.1, 0.15) is 16.8 Å². The second-order valence-corrected chi connectivity index (χ2v) is 4.42. The fourth-order valence-corrected chi connectivity index (χ4v) is 1.82. The number of rotatable bonds is 3. The van der Waals surface area contributed by atoms with Gasteiger partial charge in [0.05, 0.1) is 27.3 Å². The van der Waals surface area contributed by atoms with Gasteiger partial charge < -0.3 is 0 Å². The first-order chi connectivity index (χ1) is 10.8. The molecule has 0 aliphatic carbocycles. The molecule has 5 nitrogen and oxygen atoms in total. The molecular weight excluding hydrogens is 311 g/mol. The summed E-state index contributed by atoms with van der Waals surface area (Å²) in [6.45, 7) is 0. The number of benzene rings is 1.